The molecular formula is C5H11NNa2O7P2. The Morgan fingerprint density at radius 1 is 1.41 bits per heavy atom. The summed E-state index contributed by atoms with van der Waals surface area (Å²) in [7, 11) is -10.1. The van der Waals surface area contributed by atoms with Gasteiger partial charge in [-0.15, -0.1) is 0 Å². The number of aliphatic hydroxyl groups is 1. The molecule has 0 spiro atoms. The molecule has 0 saturated carbocycles. The van der Waals surface area contributed by atoms with Crippen LogP contribution in [-0.2, 0) is 13.4 Å². The monoisotopic (exact) mass is 305 g/mol. The minimum atomic E-state index is -5.32. The van der Waals surface area contributed by atoms with E-state index < -0.39 is 15.6 Å². The Morgan fingerprint density at radius 3 is 2.24 bits per heavy atom. The van der Waals surface area contributed by atoms with Crippen molar-refractivity contribution < 1.29 is 92.3 Å². The molecule has 0 rings (SSSR count). The van der Waals surface area contributed by atoms with Gasteiger partial charge in [-0.1, -0.05) is 11.6 Å². The van der Waals surface area contributed by atoms with Gasteiger partial charge in [-0.25, -0.2) is 0 Å². The van der Waals surface area contributed by atoms with Crippen molar-refractivity contribution in [3.63, 3.8) is 0 Å². The second-order valence-corrected chi connectivity index (χ2v) is 5.52. The van der Waals surface area contributed by atoms with Crippen LogP contribution in [0.3, 0.4) is 0 Å². The van der Waals surface area contributed by atoms with Crippen molar-refractivity contribution in [2.75, 3.05) is 13.2 Å². The van der Waals surface area contributed by atoms with E-state index in [9.17, 15) is 18.9 Å². The van der Waals surface area contributed by atoms with E-state index in [4.69, 9.17) is 10.00 Å². The third kappa shape index (κ3) is 15.9. The molecule has 3 N–H and O–H groups in total. The van der Waals surface area contributed by atoms with E-state index in [1.54, 1.807) is 12.0 Å². The first-order valence-corrected chi connectivity index (χ1v) is 6.78. The Morgan fingerprint density at radius 2 is 1.88 bits per heavy atom. The van der Waals surface area contributed by atoms with E-state index in [0.29, 0.717) is 5.57 Å². The average Bonchev–Trinajstić information content (AvgIpc) is 1.98. The van der Waals surface area contributed by atoms with Crippen molar-refractivity contribution in [1.29, 1.82) is 0 Å². The van der Waals surface area contributed by atoms with Crippen molar-refractivity contribution in [2.24, 2.45) is 0 Å². The minimum Gasteiger partial charge on any atom is -0.766 e. The zero-order valence-electron chi connectivity index (χ0n) is 9.82. The van der Waals surface area contributed by atoms with Gasteiger partial charge in [0.15, 0.2) is 0 Å². The number of nitrogens with one attached hydrogen (secondary N) is 1. The van der Waals surface area contributed by atoms with Crippen LogP contribution in [0, 0.1) is 0 Å². The van der Waals surface area contributed by atoms with Gasteiger partial charge in [-0.2, -0.15) is 0 Å². The standard InChI is InChI=1S/C5H13NO7P2.2Na/c1-5(4-7)2-3-6-14(8,9)13-15(10,11)12;;/h2,7H,3-4H2,1H3,(H2,6,8,9)(H2,10,11,12);;/q;2*+1/p-2/b5-2+;;. The molecule has 0 aromatic carbocycles. The Labute approximate surface area is 143 Å². The number of rotatable bonds is 6. The summed E-state index contributed by atoms with van der Waals surface area (Å²) >= 11 is 0. The molecule has 12 heteroatoms. The van der Waals surface area contributed by atoms with Crippen LogP contribution in [0.1, 0.15) is 6.92 Å². The summed E-state index contributed by atoms with van der Waals surface area (Å²) < 4.78 is 24.3. The molecule has 2 atom stereocenters. The van der Waals surface area contributed by atoms with Gasteiger partial charge in [0, 0.05) is 6.54 Å². The first kappa shape index (κ1) is 24.0. The molecule has 2 unspecified atom stereocenters. The Hall–Kier alpha value is 1.96. The zero-order chi connectivity index (χ0) is 12.1. The van der Waals surface area contributed by atoms with Crippen molar-refractivity contribution in [2.45, 2.75) is 6.92 Å². The average molecular weight is 305 g/mol. The number of aliphatic hydroxyl groups excluding tert-OH is 1. The topological polar surface area (TPSA) is 142 Å². The molecule has 17 heavy (non-hydrogen) atoms. The Bertz CT molecular complexity index is 330. The third-order valence-electron chi connectivity index (χ3n) is 1.20. The van der Waals surface area contributed by atoms with Gasteiger partial charge in [0.2, 0.25) is 7.75 Å². The summed E-state index contributed by atoms with van der Waals surface area (Å²) in [5, 5.41) is 10.3. The minimum absolute atomic E-state index is 0. The van der Waals surface area contributed by atoms with Crippen LogP contribution in [0.5, 0.6) is 0 Å². The van der Waals surface area contributed by atoms with Crippen LogP contribution in [0.25, 0.3) is 0 Å². The maximum absolute atomic E-state index is 10.8. The van der Waals surface area contributed by atoms with E-state index in [-0.39, 0.29) is 72.3 Å². The van der Waals surface area contributed by atoms with E-state index in [0.717, 1.165) is 0 Å². The van der Waals surface area contributed by atoms with Crippen LogP contribution in [0.2, 0.25) is 0 Å². The second kappa shape index (κ2) is 10.7. The second-order valence-electron chi connectivity index (χ2n) is 2.62. The number of hydrogen-bond donors (Lipinski definition) is 3. The fourth-order valence-corrected chi connectivity index (χ4v) is 2.19. The zero-order valence-corrected chi connectivity index (χ0v) is 15.6. The molecule has 0 heterocycles. The SMILES string of the molecule is C/C(=C\CNP(=O)([O-])OP(=O)([O-])O)CO.[Na+].[Na+]. The van der Waals surface area contributed by atoms with Crippen molar-refractivity contribution in [1.82, 2.24) is 5.09 Å². The van der Waals surface area contributed by atoms with Crippen molar-refractivity contribution in [3.8, 4) is 0 Å². The van der Waals surface area contributed by atoms with E-state index in [2.05, 4.69) is 4.31 Å². The Kier molecular flexibility index (Phi) is 15.1. The fraction of sp³-hybridized carbons (Fsp3) is 0.600. The molecular weight excluding hydrogens is 294 g/mol. The summed E-state index contributed by atoms with van der Waals surface area (Å²) in [6.45, 7) is 1.06. The molecule has 0 aliphatic heterocycles. The molecule has 0 fully saturated rings. The summed E-state index contributed by atoms with van der Waals surface area (Å²) in [6.07, 6.45) is 1.32. The molecule has 90 valence electrons. The first-order valence-electron chi connectivity index (χ1n) is 3.74. The molecule has 0 aromatic heterocycles. The maximum atomic E-state index is 10.8. The predicted octanol–water partition coefficient (Wildman–Crippen LogP) is -7.53. The summed E-state index contributed by atoms with van der Waals surface area (Å²) in [5.74, 6) is 0. The first-order chi connectivity index (χ1) is 6.66. The molecule has 0 aliphatic rings. The number of hydrogen-bond acceptors (Lipinski definition) is 6. The normalized spacial score (nSPS) is 18.3. The van der Waals surface area contributed by atoms with Gasteiger partial charge in [0.25, 0.3) is 7.82 Å². The Balaban J connectivity index is -0.000000980. The molecule has 0 radical (unpaired) electrons. The maximum Gasteiger partial charge on any atom is 1.00 e. The van der Waals surface area contributed by atoms with E-state index >= 15 is 0 Å². The van der Waals surface area contributed by atoms with Gasteiger partial charge in [0.1, 0.15) is 0 Å². The largest absolute Gasteiger partial charge is 1.00 e. The van der Waals surface area contributed by atoms with Gasteiger partial charge < -0.3 is 19.8 Å². The summed E-state index contributed by atoms with van der Waals surface area (Å²) in [4.78, 5) is 29.0. The molecule has 8 nitrogen and oxygen atoms in total. The smallest absolute Gasteiger partial charge is 0.766 e. The predicted molar refractivity (Wildman–Crippen MR) is 47.4 cm³/mol. The van der Waals surface area contributed by atoms with E-state index in [1.807, 2.05) is 0 Å². The van der Waals surface area contributed by atoms with Crippen molar-refractivity contribution in [3.05, 3.63) is 11.6 Å². The van der Waals surface area contributed by atoms with Crippen LogP contribution in [0.15, 0.2) is 11.6 Å². The van der Waals surface area contributed by atoms with Gasteiger partial charge in [-0.3, -0.25) is 18.5 Å². The van der Waals surface area contributed by atoms with Crippen molar-refractivity contribution >= 4 is 15.6 Å². The van der Waals surface area contributed by atoms with Gasteiger partial charge in [0.05, 0.1) is 6.61 Å². The molecule has 0 bridgehead atoms. The third-order valence-corrected chi connectivity index (χ3v) is 3.45. The van der Waals surface area contributed by atoms with Crippen LogP contribution >= 0.6 is 15.6 Å². The summed E-state index contributed by atoms with van der Waals surface area (Å²) in [6, 6.07) is 0. The summed E-state index contributed by atoms with van der Waals surface area (Å²) in [5.41, 5.74) is 0.497. The fourth-order valence-electron chi connectivity index (χ4n) is 0.561. The quantitative estimate of drug-likeness (QED) is 0.249. The van der Waals surface area contributed by atoms with Crippen LogP contribution in [-0.4, -0.2) is 23.2 Å². The molecule has 0 aliphatic carbocycles. The van der Waals surface area contributed by atoms with E-state index in [1.165, 1.54) is 6.08 Å². The van der Waals surface area contributed by atoms with Gasteiger partial charge >= 0.3 is 59.1 Å². The molecule has 0 aromatic rings. The molecule has 0 amide bonds. The number of phosphoric acid groups is 1. The van der Waals surface area contributed by atoms with Crippen LogP contribution < -0.4 is 74.0 Å². The van der Waals surface area contributed by atoms with Crippen LogP contribution in [0.4, 0.5) is 0 Å². The van der Waals surface area contributed by atoms with Gasteiger partial charge in [-0.05, 0) is 6.92 Å². The molecule has 0 saturated heterocycles.